The Morgan fingerprint density at radius 2 is 2.21 bits per heavy atom. The van der Waals surface area contributed by atoms with Crippen molar-refractivity contribution < 1.29 is 18.0 Å². The second kappa shape index (κ2) is 8.48. The quantitative estimate of drug-likeness (QED) is 0.305. The Balaban J connectivity index is 1.58. The lowest BCUT2D eigenvalue weighted by molar-refractivity contribution is -0.142. The van der Waals surface area contributed by atoms with E-state index in [1.165, 1.54) is 22.7 Å². The van der Waals surface area contributed by atoms with E-state index in [1.54, 1.807) is 17.5 Å². The summed E-state index contributed by atoms with van der Waals surface area (Å²) in [5, 5.41) is 18.4. The molecule has 0 saturated heterocycles. The smallest absolute Gasteiger partial charge is 0.311 e. The maximum absolute atomic E-state index is 13.9. The molecule has 0 aliphatic heterocycles. The Bertz CT molecular complexity index is 1470. The fourth-order valence-corrected chi connectivity index (χ4v) is 6.57. The molecule has 0 bridgehead atoms. The molecule has 0 aromatic carbocycles. The van der Waals surface area contributed by atoms with E-state index in [4.69, 9.17) is 0 Å². The number of nitrogens with one attached hydrogen (secondary N) is 1. The number of amides is 1. The van der Waals surface area contributed by atoms with Gasteiger partial charge in [0.1, 0.15) is 11.1 Å². The largest absolute Gasteiger partial charge is 0.433 e. The van der Waals surface area contributed by atoms with Gasteiger partial charge in [0.05, 0.1) is 20.6 Å². The average molecular weight is 566 g/mol. The molecule has 174 valence electrons. The van der Waals surface area contributed by atoms with Crippen molar-refractivity contribution in [1.29, 1.82) is 5.26 Å². The second-order valence-electron chi connectivity index (χ2n) is 8.02. The highest BCUT2D eigenvalue weighted by Gasteiger charge is 2.37. The number of thiophene rings is 2. The molecule has 4 aromatic heterocycles. The lowest BCUT2D eigenvalue weighted by Gasteiger charge is -2.17. The van der Waals surface area contributed by atoms with E-state index in [2.05, 4.69) is 44.3 Å². The minimum absolute atomic E-state index is 0.0438. The normalized spacial score (nSPS) is 15.8. The highest BCUT2D eigenvalue weighted by molar-refractivity contribution is 9.10. The highest BCUT2D eigenvalue weighted by atomic mass is 79.9. The Hall–Kier alpha value is -2.75. The van der Waals surface area contributed by atoms with Gasteiger partial charge in [-0.1, -0.05) is 13.0 Å². The summed E-state index contributed by atoms with van der Waals surface area (Å²) in [6.45, 7) is 2.14. The predicted molar refractivity (Wildman–Crippen MR) is 127 cm³/mol. The average Bonchev–Trinajstić information content (AvgIpc) is 3.50. The van der Waals surface area contributed by atoms with Gasteiger partial charge in [-0.2, -0.15) is 23.5 Å². The number of nitrogens with zero attached hydrogens (tertiary/aromatic N) is 4. The first-order valence-electron chi connectivity index (χ1n) is 10.2. The minimum Gasteiger partial charge on any atom is -0.311 e. The summed E-state index contributed by atoms with van der Waals surface area (Å²) in [4.78, 5) is 19.0. The molecule has 5 rings (SSSR count). The summed E-state index contributed by atoms with van der Waals surface area (Å²) in [5.41, 5.74) is 0.0760. The molecule has 0 saturated carbocycles. The molecule has 1 amide bonds. The van der Waals surface area contributed by atoms with Crippen LogP contribution in [0.1, 0.15) is 45.5 Å². The number of alkyl halides is 3. The number of rotatable bonds is 3. The Kier molecular flexibility index (Phi) is 5.74. The molecule has 1 aliphatic rings. The van der Waals surface area contributed by atoms with Crippen LogP contribution in [0, 0.1) is 17.2 Å². The van der Waals surface area contributed by atoms with Crippen LogP contribution in [-0.2, 0) is 19.0 Å². The number of hydrogen-bond acceptors (Lipinski definition) is 6. The molecular formula is C22H15BrF3N5OS2. The van der Waals surface area contributed by atoms with Gasteiger partial charge in [0.25, 0.3) is 5.91 Å². The van der Waals surface area contributed by atoms with Gasteiger partial charge in [0.15, 0.2) is 17.0 Å². The van der Waals surface area contributed by atoms with Gasteiger partial charge in [-0.25, -0.2) is 9.50 Å². The first-order valence-corrected chi connectivity index (χ1v) is 12.7. The van der Waals surface area contributed by atoms with E-state index < -0.39 is 17.8 Å². The number of carbonyl (C=O) groups is 1. The Labute approximate surface area is 208 Å². The zero-order valence-electron chi connectivity index (χ0n) is 17.5. The number of carbonyl (C=O) groups excluding carboxylic acids is 1. The van der Waals surface area contributed by atoms with Gasteiger partial charge >= 0.3 is 6.18 Å². The van der Waals surface area contributed by atoms with E-state index in [-0.39, 0.29) is 21.5 Å². The van der Waals surface area contributed by atoms with Gasteiger partial charge < -0.3 is 5.32 Å². The molecule has 4 heterocycles. The minimum atomic E-state index is -4.72. The van der Waals surface area contributed by atoms with Gasteiger partial charge in [-0.05, 0) is 64.2 Å². The van der Waals surface area contributed by atoms with Crippen LogP contribution in [0.4, 0.5) is 18.2 Å². The predicted octanol–water partition coefficient (Wildman–Crippen LogP) is 6.55. The van der Waals surface area contributed by atoms with Crippen LogP contribution in [-0.4, -0.2) is 20.5 Å². The molecule has 1 atom stereocenters. The van der Waals surface area contributed by atoms with Crippen molar-refractivity contribution in [2.24, 2.45) is 5.92 Å². The summed E-state index contributed by atoms with van der Waals surface area (Å²) < 4.78 is 42.2. The first-order chi connectivity index (χ1) is 16.2. The zero-order chi connectivity index (χ0) is 24.2. The lowest BCUT2D eigenvalue weighted by Crippen LogP contribution is -2.16. The number of hydrogen-bond donors (Lipinski definition) is 1. The van der Waals surface area contributed by atoms with Crippen molar-refractivity contribution in [1.82, 2.24) is 14.6 Å². The third-order valence-electron chi connectivity index (χ3n) is 5.66. The molecule has 12 heteroatoms. The summed E-state index contributed by atoms with van der Waals surface area (Å²) in [7, 11) is 0. The van der Waals surface area contributed by atoms with Gasteiger partial charge in [-0.15, -0.1) is 22.7 Å². The lowest BCUT2D eigenvalue weighted by atomic mass is 9.89. The maximum atomic E-state index is 13.9. The molecule has 1 N–H and O–H groups in total. The van der Waals surface area contributed by atoms with Crippen LogP contribution < -0.4 is 5.32 Å². The van der Waals surface area contributed by atoms with E-state index in [0.717, 1.165) is 35.8 Å². The Morgan fingerprint density at radius 1 is 1.41 bits per heavy atom. The van der Waals surface area contributed by atoms with Crippen molar-refractivity contribution in [3.8, 4) is 16.6 Å². The van der Waals surface area contributed by atoms with Crippen LogP contribution in [0.15, 0.2) is 28.1 Å². The van der Waals surface area contributed by atoms with E-state index in [0.29, 0.717) is 25.9 Å². The van der Waals surface area contributed by atoms with Crippen molar-refractivity contribution in [3.63, 3.8) is 0 Å². The third-order valence-corrected chi connectivity index (χ3v) is 8.45. The topological polar surface area (TPSA) is 83.1 Å². The van der Waals surface area contributed by atoms with Crippen LogP contribution in [0.25, 0.3) is 16.2 Å². The second-order valence-corrected chi connectivity index (χ2v) is 10.9. The molecule has 1 aliphatic carbocycles. The van der Waals surface area contributed by atoms with E-state index in [1.807, 2.05) is 0 Å². The standard InChI is InChI=1S/C22H15BrF3N5OS2/c1-10-4-5-11-12(9-27)21(34-15(11)7-10)29-20(32)18-17(23)19-28-13(14-3-2-6-33-14)8-16(22(24,25)26)31(19)30-18/h2-3,6,8,10H,4-5,7H2,1H3,(H,29,32)/t10-/m0/s1. The first kappa shape index (κ1) is 23.0. The number of halogens is 4. The zero-order valence-corrected chi connectivity index (χ0v) is 20.8. The van der Waals surface area contributed by atoms with Crippen LogP contribution in [0.2, 0.25) is 0 Å². The van der Waals surface area contributed by atoms with Gasteiger partial charge in [-0.3, -0.25) is 4.79 Å². The van der Waals surface area contributed by atoms with Gasteiger partial charge in [0.2, 0.25) is 0 Å². The SMILES string of the molecule is C[C@H]1CCc2c(sc(NC(=O)c3nn4c(C(F)(F)F)cc(-c5cccs5)nc4c3Br)c2C#N)C1. The molecule has 4 aromatic rings. The highest BCUT2D eigenvalue weighted by Crippen LogP contribution is 2.40. The fraction of sp³-hybridized carbons (Fsp3) is 0.273. The molecule has 0 unspecified atom stereocenters. The molecule has 0 spiro atoms. The maximum Gasteiger partial charge on any atom is 0.433 e. The van der Waals surface area contributed by atoms with E-state index >= 15 is 0 Å². The summed E-state index contributed by atoms with van der Waals surface area (Å²) in [6.07, 6.45) is -2.17. The van der Waals surface area contributed by atoms with Crippen molar-refractivity contribution in [3.05, 3.63) is 55.4 Å². The van der Waals surface area contributed by atoms with Crippen molar-refractivity contribution in [2.45, 2.75) is 32.4 Å². The summed E-state index contributed by atoms with van der Waals surface area (Å²) in [6, 6.07) is 6.48. The monoisotopic (exact) mass is 565 g/mol. The van der Waals surface area contributed by atoms with Crippen molar-refractivity contribution >= 4 is 55.2 Å². The third kappa shape index (κ3) is 3.91. The molecule has 0 radical (unpaired) electrons. The number of nitriles is 1. The molecule has 0 fully saturated rings. The fourth-order valence-electron chi connectivity index (χ4n) is 4.01. The van der Waals surface area contributed by atoms with Crippen LogP contribution >= 0.6 is 38.6 Å². The molecular weight excluding hydrogens is 551 g/mol. The van der Waals surface area contributed by atoms with E-state index in [9.17, 15) is 23.2 Å². The summed E-state index contributed by atoms with van der Waals surface area (Å²) in [5.74, 6) is -0.232. The number of aromatic nitrogens is 3. The number of anilines is 1. The Morgan fingerprint density at radius 3 is 2.88 bits per heavy atom. The molecule has 6 nitrogen and oxygen atoms in total. The summed E-state index contributed by atoms with van der Waals surface area (Å²) >= 11 is 5.83. The van der Waals surface area contributed by atoms with Crippen LogP contribution in [0.3, 0.4) is 0 Å². The van der Waals surface area contributed by atoms with Crippen molar-refractivity contribution in [2.75, 3.05) is 5.32 Å². The van der Waals surface area contributed by atoms with Gasteiger partial charge in [0, 0.05) is 4.88 Å². The van der Waals surface area contributed by atoms with Crippen LogP contribution in [0.5, 0.6) is 0 Å². The molecule has 34 heavy (non-hydrogen) atoms. The number of fused-ring (bicyclic) bond motifs is 2.